The second kappa shape index (κ2) is 8.71. The molecular formula is C25H23N3O2S. The van der Waals surface area contributed by atoms with E-state index in [2.05, 4.69) is 25.1 Å². The third-order valence-corrected chi connectivity index (χ3v) is 5.60. The van der Waals surface area contributed by atoms with Gasteiger partial charge in [0, 0.05) is 16.4 Å². The minimum atomic E-state index is -3.67. The van der Waals surface area contributed by atoms with E-state index < -0.39 is 10.0 Å². The molecule has 4 aromatic rings. The lowest BCUT2D eigenvalue weighted by atomic mass is 9.96. The lowest BCUT2D eigenvalue weighted by Crippen LogP contribution is -2.06. The molecule has 1 heterocycles. The topological polar surface area (TPSA) is 78.0 Å². The standard InChI is InChI=1S/C25H23N3O2S/c1-2-23(20-8-4-3-5-9-20)25(28-24-11-7-6-10-22(24)18-27-28)21-14-12-19(13-15-21)16-17-31(26,29)30/h3-18H,2H2,1H3,(H2,26,29,30)/b17-16+,25-23+. The molecule has 0 bridgehead atoms. The van der Waals surface area contributed by atoms with Crippen molar-refractivity contribution in [1.82, 2.24) is 9.78 Å². The fourth-order valence-corrected chi connectivity index (χ4v) is 3.99. The third-order valence-electron chi connectivity index (χ3n) is 5.08. The van der Waals surface area contributed by atoms with Gasteiger partial charge in [0.2, 0.25) is 10.0 Å². The minimum Gasteiger partial charge on any atom is -0.232 e. The molecule has 0 saturated carbocycles. The molecule has 1 aromatic heterocycles. The summed E-state index contributed by atoms with van der Waals surface area (Å²) < 4.78 is 24.4. The number of rotatable bonds is 6. The molecule has 2 N–H and O–H groups in total. The number of benzene rings is 3. The summed E-state index contributed by atoms with van der Waals surface area (Å²) in [7, 11) is -3.67. The molecule has 0 spiro atoms. The highest BCUT2D eigenvalue weighted by Crippen LogP contribution is 2.32. The van der Waals surface area contributed by atoms with Crippen LogP contribution in [0.5, 0.6) is 0 Å². The molecule has 0 saturated heterocycles. The Morgan fingerprint density at radius 2 is 1.61 bits per heavy atom. The molecule has 6 heteroatoms. The van der Waals surface area contributed by atoms with Gasteiger partial charge in [-0.25, -0.2) is 18.2 Å². The number of sulfonamides is 1. The number of aromatic nitrogens is 2. The first kappa shape index (κ1) is 20.8. The number of hydrogen-bond donors (Lipinski definition) is 1. The van der Waals surface area contributed by atoms with Gasteiger partial charge in [-0.1, -0.05) is 79.7 Å². The predicted molar refractivity (Wildman–Crippen MR) is 127 cm³/mol. The molecule has 0 radical (unpaired) electrons. The summed E-state index contributed by atoms with van der Waals surface area (Å²) >= 11 is 0. The van der Waals surface area contributed by atoms with Crippen LogP contribution >= 0.6 is 0 Å². The van der Waals surface area contributed by atoms with E-state index in [0.29, 0.717) is 0 Å². The highest BCUT2D eigenvalue weighted by atomic mass is 32.2. The molecule has 0 fully saturated rings. The first-order valence-corrected chi connectivity index (χ1v) is 11.6. The van der Waals surface area contributed by atoms with Crippen molar-refractivity contribution in [2.24, 2.45) is 5.14 Å². The van der Waals surface area contributed by atoms with Crippen molar-refractivity contribution in [3.05, 3.63) is 107 Å². The second-order valence-corrected chi connectivity index (χ2v) is 8.63. The summed E-state index contributed by atoms with van der Waals surface area (Å²) in [6, 6.07) is 26.1. The van der Waals surface area contributed by atoms with Crippen LogP contribution in [-0.4, -0.2) is 18.2 Å². The summed E-state index contributed by atoms with van der Waals surface area (Å²) in [4.78, 5) is 0. The van der Waals surface area contributed by atoms with Crippen molar-refractivity contribution in [3.63, 3.8) is 0 Å². The molecule has 5 nitrogen and oxygen atoms in total. The van der Waals surface area contributed by atoms with Crippen molar-refractivity contribution >= 4 is 38.3 Å². The average molecular weight is 430 g/mol. The fraction of sp³-hybridized carbons (Fsp3) is 0.0800. The quantitative estimate of drug-likeness (QED) is 0.432. The van der Waals surface area contributed by atoms with Crippen molar-refractivity contribution in [2.45, 2.75) is 13.3 Å². The Hall–Kier alpha value is -3.48. The SMILES string of the molecule is CC/C(=C(/c1ccc(/C=C/S(N)(=O)=O)cc1)n1ncc2ccccc21)c1ccccc1. The van der Waals surface area contributed by atoms with Crippen LogP contribution in [0.1, 0.15) is 30.0 Å². The molecule has 0 atom stereocenters. The highest BCUT2D eigenvalue weighted by Gasteiger charge is 2.16. The lowest BCUT2D eigenvalue weighted by Gasteiger charge is -2.17. The van der Waals surface area contributed by atoms with Crippen LogP contribution in [0.15, 0.2) is 90.5 Å². The number of fused-ring (bicyclic) bond motifs is 1. The van der Waals surface area contributed by atoms with E-state index in [9.17, 15) is 8.42 Å². The molecule has 0 unspecified atom stereocenters. The Labute approximate surface area is 182 Å². The zero-order valence-corrected chi connectivity index (χ0v) is 18.0. The van der Waals surface area contributed by atoms with E-state index in [1.165, 1.54) is 11.6 Å². The zero-order valence-electron chi connectivity index (χ0n) is 17.1. The summed E-state index contributed by atoms with van der Waals surface area (Å²) in [6.45, 7) is 2.14. The maximum absolute atomic E-state index is 11.2. The molecule has 3 aromatic carbocycles. The Morgan fingerprint density at radius 1 is 0.935 bits per heavy atom. The van der Waals surface area contributed by atoms with Gasteiger partial charge in [-0.15, -0.1) is 0 Å². The summed E-state index contributed by atoms with van der Waals surface area (Å²) in [6.07, 6.45) is 4.18. The van der Waals surface area contributed by atoms with Crippen LogP contribution in [0.4, 0.5) is 0 Å². The molecule has 0 aliphatic rings. The lowest BCUT2D eigenvalue weighted by molar-refractivity contribution is 0.606. The van der Waals surface area contributed by atoms with Crippen LogP contribution in [0.3, 0.4) is 0 Å². The first-order chi connectivity index (χ1) is 15.0. The number of hydrogen-bond acceptors (Lipinski definition) is 3. The average Bonchev–Trinajstić information content (AvgIpc) is 3.20. The summed E-state index contributed by atoms with van der Waals surface area (Å²) in [5.41, 5.74) is 6.07. The monoisotopic (exact) mass is 429 g/mol. The number of nitrogens with two attached hydrogens (primary N) is 1. The van der Waals surface area contributed by atoms with Gasteiger partial charge < -0.3 is 0 Å². The first-order valence-electron chi connectivity index (χ1n) is 9.99. The molecule has 0 amide bonds. The largest absolute Gasteiger partial charge is 0.232 e. The Morgan fingerprint density at radius 3 is 2.29 bits per heavy atom. The van der Waals surface area contributed by atoms with Gasteiger partial charge in [0.1, 0.15) is 0 Å². The number of nitrogens with zero attached hydrogens (tertiary/aromatic N) is 2. The zero-order chi connectivity index (χ0) is 21.8. The van der Waals surface area contributed by atoms with Crippen molar-refractivity contribution in [1.29, 1.82) is 0 Å². The maximum atomic E-state index is 11.2. The summed E-state index contributed by atoms with van der Waals surface area (Å²) in [5.74, 6) is 0. The van der Waals surface area contributed by atoms with Crippen LogP contribution in [0.2, 0.25) is 0 Å². The predicted octanol–water partition coefficient (Wildman–Crippen LogP) is 5.12. The van der Waals surface area contributed by atoms with E-state index >= 15 is 0 Å². The van der Waals surface area contributed by atoms with E-state index in [1.54, 1.807) is 0 Å². The summed E-state index contributed by atoms with van der Waals surface area (Å²) in [5, 5.41) is 11.8. The molecule has 31 heavy (non-hydrogen) atoms. The van der Waals surface area contributed by atoms with Gasteiger partial charge in [-0.05, 0) is 35.3 Å². The van der Waals surface area contributed by atoms with Crippen molar-refractivity contribution in [2.75, 3.05) is 0 Å². The second-order valence-electron chi connectivity index (χ2n) is 7.18. The van der Waals surface area contributed by atoms with Gasteiger partial charge in [0.15, 0.2) is 0 Å². The Bertz CT molecular complexity index is 1370. The van der Waals surface area contributed by atoms with E-state index in [1.807, 2.05) is 71.5 Å². The fourth-order valence-electron chi connectivity index (χ4n) is 3.65. The van der Waals surface area contributed by atoms with Crippen LogP contribution in [-0.2, 0) is 10.0 Å². The van der Waals surface area contributed by atoms with Gasteiger partial charge >= 0.3 is 0 Å². The molecule has 4 rings (SSSR count). The van der Waals surface area contributed by atoms with Gasteiger partial charge in [0.25, 0.3) is 0 Å². The molecule has 0 aliphatic carbocycles. The third kappa shape index (κ3) is 4.66. The highest BCUT2D eigenvalue weighted by molar-refractivity contribution is 7.92. The Balaban J connectivity index is 1.91. The number of primary sulfonamides is 1. The van der Waals surface area contributed by atoms with E-state index in [4.69, 9.17) is 10.2 Å². The van der Waals surface area contributed by atoms with E-state index in [-0.39, 0.29) is 0 Å². The normalized spacial score (nSPS) is 13.0. The minimum absolute atomic E-state index is 0.750. The van der Waals surface area contributed by atoms with Crippen LogP contribution < -0.4 is 5.14 Å². The maximum Gasteiger partial charge on any atom is 0.231 e. The van der Waals surface area contributed by atoms with Crippen molar-refractivity contribution < 1.29 is 8.42 Å². The molecule has 0 aliphatic heterocycles. The number of allylic oxidation sites excluding steroid dienone is 1. The van der Waals surface area contributed by atoms with Crippen LogP contribution in [0.25, 0.3) is 28.2 Å². The molecule has 156 valence electrons. The van der Waals surface area contributed by atoms with Gasteiger partial charge in [0.05, 0.1) is 17.4 Å². The molecular weight excluding hydrogens is 406 g/mol. The number of para-hydroxylation sites is 1. The smallest absolute Gasteiger partial charge is 0.231 e. The van der Waals surface area contributed by atoms with Gasteiger partial charge in [-0.2, -0.15) is 5.10 Å². The van der Waals surface area contributed by atoms with Gasteiger partial charge in [-0.3, -0.25) is 0 Å². The van der Waals surface area contributed by atoms with Crippen molar-refractivity contribution in [3.8, 4) is 0 Å². The Kier molecular flexibility index (Phi) is 5.84. The van der Waals surface area contributed by atoms with Crippen LogP contribution in [0, 0.1) is 0 Å². The van der Waals surface area contributed by atoms with E-state index in [0.717, 1.165) is 45.1 Å².